The van der Waals surface area contributed by atoms with E-state index in [-0.39, 0.29) is 24.0 Å². The number of nitrogens with zero attached hydrogens (tertiary/aromatic N) is 1. The number of ether oxygens (including phenoxy) is 2. The lowest BCUT2D eigenvalue weighted by Gasteiger charge is -2.38. The average molecular weight is 420 g/mol. The van der Waals surface area contributed by atoms with Crippen molar-refractivity contribution in [2.24, 2.45) is 16.5 Å². The standard InChI is InChI=1S/C22H29N3O3.ClH/c1-13-14(2)20-18(15(3)19(13)26)9-10-22(4,28-20)11-12-27-17-7-5-16(6-8-17)25-21(23)24;/h5-8,26H,9-12H2,1-4H3,(H4,23,24,25);1H. The Labute approximate surface area is 178 Å². The van der Waals surface area contributed by atoms with Crippen LogP contribution in [-0.4, -0.2) is 23.3 Å². The number of phenolic OH excluding ortho intramolecular Hbond substituents is 1. The molecule has 0 amide bonds. The van der Waals surface area contributed by atoms with E-state index in [1.807, 2.05) is 45.0 Å². The van der Waals surface area contributed by atoms with Crippen molar-refractivity contribution in [1.29, 1.82) is 0 Å². The lowest BCUT2D eigenvalue weighted by atomic mass is 9.86. The molecule has 1 atom stereocenters. The van der Waals surface area contributed by atoms with Gasteiger partial charge in [-0.2, -0.15) is 0 Å². The topological polar surface area (TPSA) is 103 Å². The maximum atomic E-state index is 10.3. The molecule has 0 spiro atoms. The minimum Gasteiger partial charge on any atom is -0.507 e. The number of halogens is 1. The molecule has 2 aromatic rings. The number of aliphatic imine (C=N–C) groups is 1. The monoisotopic (exact) mass is 419 g/mol. The highest BCUT2D eigenvalue weighted by Gasteiger charge is 2.34. The Balaban J connectivity index is 0.00000300. The minimum absolute atomic E-state index is 0. The number of guanidine groups is 1. The molecule has 6 nitrogen and oxygen atoms in total. The van der Waals surface area contributed by atoms with Crippen LogP contribution in [-0.2, 0) is 6.42 Å². The highest BCUT2D eigenvalue weighted by Crippen LogP contribution is 2.44. The van der Waals surface area contributed by atoms with Gasteiger partial charge >= 0.3 is 0 Å². The summed E-state index contributed by atoms with van der Waals surface area (Å²) in [4.78, 5) is 3.99. The molecule has 5 N–H and O–H groups in total. The van der Waals surface area contributed by atoms with Crippen LogP contribution in [0.25, 0.3) is 0 Å². The molecule has 3 rings (SSSR count). The Morgan fingerprint density at radius 3 is 2.41 bits per heavy atom. The molecule has 0 fully saturated rings. The molecule has 7 heteroatoms. The first-order valence-electron chi connectivity index (χ1n) is 9.53. The van der Waals surface area contributed by atoms with Gasteiger partial charge in [-0.1, -0.05) is 0 Å². The molecular formula is C22H30ClN3O3. The molecule has 0 bridgehead atoms. The first-order valence-corrected chi connectivity index (χ1v) is 9.53. The molecule has 0 saturated heterocycles. The quantitative estimate of drug-likeness (QED) is 0.497. The zero-order chi connectivity index (χ0) is 20.5. The van der Waals surface area contributed by atoms with Crippen LogP contribution in [0.1, 0.15) is 42.0 Å². The van der Waals surface area contributed by atoms with Crippen molar-refractivity contribution in [3.63, 3.8) is 0 Å². The zero-order valence-corrected chi connectivity index (χ0v) is 18.2. The molecule has 1 unspecified atom stereocenters. The highest BCUT2D eigenvalue weighted by atomic mass is 35.5. The maximum absolute atomic E-state index is 10.3. The Hall–Kier alpha value is -2.60. The Kier molecular flexibility index (Phi) is 6.90. The van der Waals surface area contributed by atoms with Gasteiger partial charge in [0.25, 0.3) is 0 Å². The van der Waals surface area contributed by atoms with Crippen LogP contribution in [0, 0.1) is 20.8 Å². The third kappa shape index (κ3) is 4.88. The number of rotatable bonds is 5. The number of aromatic hydroxyl groups is 1. The van der Waals surface area contributed by atoms with Crippen LogP contribution < -0.4 is 20.9 Å². The van der Waals surface area contributed by atoms with Gasteiger partial charge in [0.1, 0.15) is 22.8 Å². The summed E-state index contributed by atoms with van der Waals surface area (Å²) in [6, 6.07) is 7.32. The van der Waals surface area contributed by atoms with E-state index in [0.717, 1.165) is 53.0 Å². The summed E-state index contributed by atoms with van der Waals surface area (Å²) in [5.41, 5.74) is 15.1. The number of phenols is 1. The van der Waals surface area contributed by atoms with Crippen LogP contribution in [0.15, 0.2) is 29.3 Å². The van der Waals surface area contributed by atoms with Crippen LogP contribution in [0.2, 0.25) is 0 Å². The summed E-state index contributed by atoms with van der Waals surface area (Å²) in [6.45, 7) is 8.57. The lowest BCUT2D eigenvalue weighted by molar-refractivity contribution is 0.0412. The van der Waals surface area contributed by atoms with Crippen molar-refractivity contribution in [1.82, 2.24) is 0 Å². The van der Waals surface area contributed by atoms with Gasteiger partial charge in [-0.3, -0.25) is 0 Å². The molecule has 29 heavy (non-hydrogen) atoms. The average Bonchev–Trinajstić information content (AvgIpc) is 2.65. The molecule has 1 aliphatic rings. The maximum Gasteiger partial charge on any atom is 0.191 e. The second-order valence-electron chi connectivity index (χ2n) is 7.71. The van der Waals surface area contributed by atoms with Crippen molar-refractivity contribution in [3.8, 4) is 17.2 Å². The first-order chi connectivity index (χ1) is 13.2. The fraction of sp³-hybridized carbons (Fsp3) is 0.409. The van der Waals surface area contributed by atoms with E-state index in [9.17, 15) is 5.11 Å². The molecule has 2 aromatic carbocycles. The van der Waals surface area contributed by atoms with Gasteiger partial charge in [0.15, 0.2) is 5.96 Å². The second-order valence-corrected chi connectivity index (χ2v) is 7.71. The SMILES string of the molecule is Cc1c(C)c2c(c(C)c1O)CCC(C)(CCOc1ccc(N=C(N)N)cc1)O2.Cl. The van der Waals surface area contributed by atoms with Crippen LogP contribution in [0.4, 0.5) is 5.69 Å². The molecule has 1 aliphatic heterocycles. The summed E-state index contributed by atoms with van der Waals surface area (Å²) < 4.78 is 12.3. The Morgan fingerprint density at radius 2 is 1.79 bits per heavy atom. The number of hydrogen-bond acceptors (Lipinski definition) is 4. The molecule has 0 aliphatic carbocycles. The number of fused-ring (bicyclic) bond motifs is 1. The van der Waals surface area contributed by atoms with Gasteiger partial charge < -0.3 is 26.0 Å². The summed E-state index contributed by atoms with van der Waals surface area (Å²) in [7, 11) is 0. The molecular weight excluding hydrogens is 390 g/mol. The van der Waals surface area contributed by atoms with Crippen molar-refractivity contribution in [2.75, 3.05) is 6.61 Å². The third-order valence-corrected chi connectivity index (χ3v) is 5.59. The Bertz CT molecular complexity index is 909. The van der Waals surface area contributed by atoms with Crippen LogP contribution in [0.5, 0.6) is 17.2 Å². The largest absolute Gasteiger partial charge is 0.507 e. The molecule has 0 radical (unpaired) electrons. The van der Waals surface area contributed by atoms with Crippen LogP contribution in [0.3, 0.4) is 0 Å². The van der Waals surface area contributed by atoms with E-state index in [4.69, 9.17) is 20.9 Å². The summed E-state index contributed by atoms with van der Waals surface area (Å²) in [6.07, 6.45) is 2.54. The molecule has 1 heterocycles. The third-order valence-electron chi connectivity index (χ3n) is 5.59. The van der Waals surface area contributed by atoms with E-state index in [0.29, 0.717) is 18.0 Å². The minimum atomic E-state index is -0.300. The van der Waals surface area contributed by atoms with Crippen molar-refractivity contribution in [2.45, 2.75) is 52.6 Å². The zero-order valence-electron chi connectivity index (χ0n) is 17.4. The number of hydrogen-bond donors (Lipinski definition) is 3. The van der Waals surface area contributed by atoms with Crippen molar-refractivity contribution >= 4 is 24.1 Å². The predicted octanol–water partition coefficient (Wildman–Crippen LogP) is 4.20. The van der Waals surface area contributed by atoms with Gasteiger partial charge in [-0.25, -0.2) is 4.99 Å². The van der Waals surface area contributed by atoms with Crippen molar-refractivity contribution in [3.05, 3.63) is 46.5 Å². The van der Waals surface area contributed by atoms with Gasteiger partial charge in [0.2, 0.25) is 0 Å². The first kappa shape index (κ1) is 22.7. The highest BCUT2D eigenvalue weighted by molar-refractivity contribution is 5.85. The van der Waals surface area contributed by atoms with E-state index in [1.165, 1.54) is 0 Å². The van der Waals surface area contributed by atoms with Gasteiger partial charge in [-0.15, -0.1) is 12.4 Å². The van der Waals surface area contributed by atoms with Crippen LogP contribution >= 0.6 is 12.4 Å². The summed E-state index contributed by atoms with van der Waals surface area (Å²) >= 11 is 0. The smallest absolute Gasteiger partial charge is 0.191 e. The summed E-state index contributed by atoms with van der Waals surface area (Å²) in [5.74, 6) is 2.10. The van der Waals surface area contributed by atoms with E-state index >= 15 is 0 Å². The molecule has 0 aromatic heterocycles. The van der Waals surface area contributed by atoms with Crippen molar-refractivity contribution < 1.29 is 14.6 Å². The fourth-order valence-electron chi connectivity index (χ4n) is 3.62. The number of nitrogens with two attached hydrogens (primary N) is 2. The van der Waals surface area contributed by atoms with E-state index in [2.05, 4.69) is 11.9 Å². The fourth-order valence-corrected chi connectivity index (χ4v) is 3.62. The van der Waals surface area contributed by atoms with E-state index in [1.54, 1.807) is 0 Å². The van der Waals surface area contributed by atoms with Gasteiger partial charge in [0.05, 0.1) is 12.3 Å². The molecule has 0 saturated carbocycles. The second kappa shape index (κ2) is 8.82. The molecule has 158 valence electrons. The van der Waals surface area contributed by atoms with Gasteiger partial charge in [0, 0.05) is 12.0 Å². The number of benzene rings is 2. The lowest BCUT2D eigenvalue weighted by Crippen LogP contribution is -2.38. The summed E-state index contributed by atoms with van der Waals surface area (Å²) in [5, 5.41) is 10.3. The van der Waals surface area contributed by atoms with E-state index < -0.39 is 0 Å². The predicted molar refractivity (Wildman–Crippen MR) is 119 cm³/mol. The van der Waals surface area contributed by atoms with Gasteiger partial charge in [-0.05, 0) is 81.5 Å². The Morgan fingerprint density at radius 1 is 1.14 bits per heavy atom. The normalized spacial score (nSPS) is 17.5.